The molecule has 0 aliphatic rings. The Morgan fingerprint density at radius 1 is 1.47 bits per heavy atom. The van der Waals surface area contributed by atoms with E-state index in [2.05, 4.69) is 17.2 Å². The van der Waals surface area contributed by atoms with Crippen LogP contribution in [0.15, 0.2) is 4.99 Å². The van der Waals surface area contributed by atoms with Crippen LogP contribution in [0.3, 0.4) is 0 Å². The summed E-state index contributed by atoms with van der Waals surface area (Å²) in [5.74, 6) is 0.124. The molecular formula is C10H23N3O2. The number of guanidine groups is 1. The zero-order valence-corrected chi connectivity index (χ0v) is 10.4. The van der Waals surface area contributed by atoms with Gasteiger partial charge in [0.2, 0.25) is 0 Å². The minimum Gasteiger partial charge on any atom is -0.481 e. The number of rotatable bonds is 3. The van der Waals surface area contributed by atoms with Gasteiger partial charge in [-0.2, -0.15) is 0 Å². The minimum absolute atomic E-state index is 0.833. The van der Waals surface area contributed by atoms with Crippen LogP contribution < -0.4 is 5.32 Å². The van der Waals surface area contributed by atoms with Gasteiger partial charge in [-0.3, -0.25) is 9.79 Å². The molecule has 0 aliphatic heterocycles. The lowest BCUT2D eigenvalue weighted by Crippen LogP contribution is -2.36. The highest BCUT2D eigenvalue weighted by Crippen LogP contribution is 1.84. The molecule has 90 valence electrons. The second-order valence-corrected chi connectivity index (χ2v) is 3.24. The topological polar surface area (TPSA) is 64.9 Å². The van der Waals surface area contributed by atoms with Crippen molar-refractivity contribution in [3.63, 3.8) is 0 Å². The van der Waals surface area contributed by atoms with E-state index in [4.69, 9.17) is 9.90 Å². The molecule has 0 aromatic rings. The minimum atomic E-state index is -0.833. The number of unbranched alkanes of at least 4 members (excludes halogenated alkanes) is 1. The molecule has 0 radical (unpaired) electrons. The van der Waals surface area contributed by atoms with E-state index >= 15 is 0 Å². The van der Waals surface area contributed by atoms with Crippen LogP contribution in [-0.4, -0.2) is 49.6 Å². The van der Waals surface area contributed by atoms with Crippen LogP contribution in [0.25, 0.3) is 0 Å². The van der Waals surface area contributed by atoms with Crippen molar-refractivity contribution in [2.45, 2.75) is 26.7 Å². The lowest BCUT2D eigenvalue weighted by Gasteiger charge is -2.16. The fourth-order valence-electron chi connectivity index (χ4n) is 0.814. The molecule has 0 saturated heterocycles. The first-order valence-corrected chi connectivity index (χ1v) is 5.03. The molecule has 5 nitrogen and oxygen atoms in total. The molecule has 0 aromatic heterocycles. The molecule has 0 atom stereocenters. The maximum Gasteiger partial charge on any atom is 0.300 e. The van der Waals surface area contributed by atoms with E-state index in [1.54, 1.807) is 7.05 Å². The van der Waals surface area contributed by atoms with Crippen LogP contribution in [0.2, 0.25) is 0 Å². The van der Waals surface area contributed by atoms with Crippen molar-refractivity contribution in [1.29, 1.82) is 0 Å². The second kappa shape index (κ2) is 10.8. The van der Waals surface area contributed by atoms with Gasteiger partial charge in [-0.05, 0) is 6.42 Å². The number of hydrogen-bond donors (Lipinski definition) is 2. The number of nitrogens with one attached hydrogen (secondary N) is 1. The van der Waals surface area contributed by atoms with Gasteiger partial charge in [-0.1, -0.05) is 13.3 Å². The highest BCUT2D eigenvalue weighted by atomic mass is 16.4. The lowest BCUT2D eigenvalue weighted by molar-refractivity contribution is -0.134. The van der Waals surface area contributed by atoms with Crippen molar-refractivity contribution < 1.29 is 9.90 Å². The van der Waals surface area contributed by atoms with Gasteiger partial charge in [0, 0.05) is 34.6 Å². The molecule has 15 heavy (non-hydrogen) atoms. The monoisotopic (exact) mass is 217 g/mol. The van der Waals surface area contributed by atoms with Gasteiger partial charge in [-0.15, -0.1) is 0 Å². The molecule has 0 heterocycles. The van der Waals surface area contributed by atoms with Crippen LogP contribution >= 0.6 is 0 Å². The van der Waals surface area contributed by atoms with E-state index in [1.807, 2.05) is 19.0 Å². The molecule has 0 spiro atoms. The highest BCUT2D eigenvalue weighted by molar-refractivity contribution is 5.79. The van der Waals surface area contributed by atoms with Crippen molar-refractivity contribution in [3.05, 3.63) is 0 Å². The summed E-state index contributed by atoms with van der Waals surface area (Å²) < 4.78 is 0. The third-order valence-corrected chi connectivity index (χ3v) is 1.45. The number of aliphatic carboxylic acids is 1. The predicted molar refractivity (Wildman–Crippen MR) is 63.3 cm³/mol. The number of carbonyl (C=O) groups is 1. The number of aliphatic imine (C=N–C) groups is 1. The highest BCUT2D eigenvalue weighted by Gasteiger charge is 1.96. The van der Waals surface area contributed by atoms with Crippen LogP contribution in [0.1, 0.15) is 26.7 Å². The Balaban J connectivity index is 0. The Kier molecular flexibility index (Phi) is 11.7. The summed E-state index contributed by atoms with van der Waals surface area (Å²) in [6.07, 6.45) is 2.42. The van der Waals surface area contributed by atoms with E-state index in [9.17, 15) is 0 Å². The Hall–Kier alpha value is -1.26. The average Bonchev–Trinajstić information content (AvgIpc) is 2.11. The molecule has 5 heteroatoms. The molecule has 2 N–H and O–H groups in total. The largest absolute Gasteiger partial charge is 0.481 e. The maximum atomic E-state index is 9.00. The first-order valence-electron chi connectivity index (χ1n) is 5.03. The smallest absolute Gasteiger partial charge is 0.300 e. The van der Waals surface area contributed by atoms with Gasteiger partial charge in [0.1, 0.15) is 0 Å². The van der Waals surface area contributed by atoms with Crippen LogP contribution in [-0.2, 0) is 4.79 Å². The fraction of sp³-hybridized carbons (Fsp3) is 0.800. The van der Waals surface area contributed by atoms with E-state index in [0.717, 1.165) is 19.4 Å². The van der Waals surface area contributed by atoms with E-state index in [1.165, 1.54) is 12.8 Å². The zero-order valence-electron chi connectivity index (χ0n) is 10.4. The third kappa shape index (κ3) is 15.5. The normalized spacial score (nSPS) is 10.1. The lowest BCUT2D eigenvalue weighted by atomic mass is 10.3. The van der Waals surface area contributed by atoms with Gasteiger partial charge >= 0.3 is 0 Å². The number of carboxylic acid groups (broad SMARTS) is 1. The summed E-state index contributed by atoms with van der Waals surface area (Å²) in [4.78, 5) is 15.1. The van der Waals surface area contributed by atoms with Gasteiger partial charge < -0.3 is 15.3 Å². The second-order valence-electron chi connectivity index (χ2n) is 3.24. The zero-order chi connectivity index (χ0) is 12.3. The first-order chi connectivity index (χ1) is 6.95. The Labute approximate surface area is 92.2 Å². The summed E-state index contributed by atoms with van der Waals surface area (Å²) in [5, 5.41) is 10.7. The summed E-state index contributed by atoms with van der Waals surface area (Å²) in [6.45, 7) is 4.28. The predicted octanol–water partition coefficient (Wildman–Crippen LogP) is 1.01. The number of nitrogens with zero attached hydrogens (tertiary/aromatic N) is 2. The first kappa shape index (κ1) is 16.2. The molecule has 0 aromatic carbocycles. The fourth-order valence-corrected chi connectivity index (χ4v) is 0.814. The van der Waals surface area contributed by atoms with E-state index < -0.39 is 5.97 Å². The van der Waals surface area contributed by atoms with Crippen LogP contribution in [0, 0.1) is 0 Å². The SMILES string of the molecule is CC(=O)O.CCCCNC(=NC)N(C)C. The van der Waals surface area contributed by atoms with Gasteiger partial charge in [-0.25, -0.2) is 0 Å². The van der Waals surface area contributed by atoms with Crippen LogP contribution in [0.4, 0.5) is 0 Å². The van der Waals surface area contributed by atoms with Crippen molar-refractivity contribution in [3.8, 4) is 0 Å². The molecule has 0 amide bonds. The van der Waals surface area contributed by atoms with Crippen LogP contribution in [0.5, 0.6) is 0 Å². The maximum absolute atomic E-state index is 9.00. The number of carboxylic acids is 1. The molecule has 0 rings (SSSR count). The molecule has 0 saturated carbocycles. The number of hydrogen-bond acceptors (Lipinski definition) is 2. The van der Waals surface area contributed by atoms with E-state index in [-0.39, 0.29) is 0 Å². The van der Waals surface area contributed by atoms with Crippen molar-refractivity contribution in [1.82, 2.24) is 10.2 Å². The Morgan fingerprint density at radius 2 is 1.93 bits per heavy atom. The quantitative estimate of drug-likeness (QED) is 0.421. The van der Waals surface area contributed by atoms with Gasteiger partial charge in [0.05, 0.1) is 0 Å². The Bertz CT molecular complexity index is 187. The average molecular weight is 217 g/mol. The van der Waals surface area contributed by atoms with Crippen molar-refractivity contribution >= 4 is 11.9 Å². The summed E-state index contributed by atoms with van der Waals surface area (Å²) >= 11 is 0. The summed E-state index contributed by atoms with van der Waals surface area (Å²) in [6, 6.07) is 0. The molecular weight excluding hydrogens is 194 g/mol. The molecule has 0 bridgehead atoms. The summed E-state index contributed by atoms with van der Waals surface area (Å²) in [5.41, 5.74) is 0. The van der Waals surface area contributed by atoms with Crippen molar-refractivity contribution in [2.75, 3.05) is 27.7 Å². The standard InChI is InChI=1S/C8H19N3.C2H4O2/c1-5-6-7-10-8(9-2)11(3)4;1-2(3)4/h5-7H2,1-4H3,(H,9,10);1H3,(H,3,4). The molecule has 0 fully saturated rings. The Morgan fingerprint density at radius 3 is 2.20 bits per heavy atom. The van der Waals surface area contributed by atoms with Crippen molar-refractivity contribution in [2.24, 2.45) is 4.99 Å². The van der Waals surface area contributed by atoms with Gasteiger partial charge in [0.15, 0.2) is 5.96 Å². The van der Waals surface area contributed by atoms with Gasteiger partial charge in [0.25, 0.3) is 5.97 Å². The molecule has 0 aliphatic carbocycles. The third-order valence-electron chi connectivity index (χ3n) is 1.45. The molecule has 0 unspecified atom stereocenters. The summed E-state index contributed by atoms with van der Waals surface area (Å²) in [7, 11) is 5.77. The van der Waals surface area contributed by atoms with E-state index in [0.29, 0.717) is 0 Å².